The minimum Gasteiger partial charge on any atom is -0.506 e. The molecule has 0 spiro atoms. The second-order valence-corrected chi connectivity index (χ2v) is 12.1. The van der Waals surface area contributed by atoms with Gasteiger partial charge < -0.3 is 14.9 Å². The molecule has 29 heavy (non-hydrogen) atoms. The van der Waals surface area contributed by atoms with Crippen molar-refractivity contribution in [2.24, 2.45) is 5.92 Å². The lowest BCUT2D eigenvalue weighted by molar-refractivity contribution is -0.122. The van der Waals surface area contributed by atoms with Crippen LogP contribution in [-0.4, -0.2) is 35.9 Å². The molecule has 2 aromatic rings. The summed E-state index contributed by atoms with van der Waals surface area (Å²) in [5.41, 5.74) is 1.85. The number of hydrogen-bond donors (Lipinski definition) is 2. The Kier molecular flexibility index (Phi) is 6.58. The molecule has 0 saturated heterocycles. The zero-order valence-corrected chi connectivity index (χ0v) is 23.2. The Hall–Kier alpha value is 0.100. The van der Waals surface area contributed by atoms with Gasteiger partial charge in [0.15, 0.2) is 5.78 Å². The van der Waals surface area contributed by atoms with Crippen LogP contribution in [0, 0.1) is 13.1 Å². The summed E-state index contributed by atoms with van der Waals surface area (Å²) in [6.07, 6.45) is 0.247. The molecule has 1 aliphatic heterocycles. The Morgan fingerprint density at radius 2 is 1.83 bits per heavy atom. The minimum absolute atomic E-state index is 0.0411. The number of halogens is 4. The third-order valence-corrected chi connectivity index (χ3v) is 9.76. The monoisotopic (exact) mass is 842 g/mol. The van der Waals surface area contributed by atoms with Crippen LogP contribution in [0.5, 0.6) is 11.5 Å². The fraction of sp³-hybridized carbons (Fsp3) is 0.300. The molecule has 4 rings (SSSR count). The van der Waals surface area contributed by atoms with E-state index >= 15 is 0 Å². The third kappa shape index (κ3) is 3.79. The Morgan fingerprint density at radius 3 is 2.52 bits per heavy atom. The van der Waals surface area contributed by atoms with E-state index in [4.69, 9.17) is 4.74 Å². The number of carbonyl (C=O) groups is 2. The number of ketones is 1. The molecule has 5 atom stereocenters. The van der Waals surface area contributed by atoms with Gasteiger partial charge in [0.1, 0.15) is 21.5 Å². The third-order valence-electron chi connectivity index (χ3n) is 5.49. The second-order valence-electron chi connectivity index (χ2n) is 7.06. The van der Waals surface area contributed by atoms with E-state index in [1.54, 1.807) is 12.1 Å². The summed E-state index contributed by atoms with van der Waals surface area (Å²) in [5, 5.41) is 20.3. The smallest absolute Gasteiger partial charge is 0.335 e. The van der Waals surface area contributed by atoms with Crippen LogP contribution in [-0.2, 0) is 4.79 Å². The number of rotatable bonds is 2. The van der Waals surface area contributed by atoms with Gasteiger partial charge in [-0.25, -0.2) is 4.79 Å². The number of Topliss-reactive ketones (excluding diaryl/α,β-unsaturated/α-hetero) is 1. The van der Waals surface area contributed by atoms with Gasteiger partial charge in [0.2, 0.25) is 0 Å². The number of hydrogen-bond acceptors (Lipinski definition) is 4. The van der Waals surface area contributed by atoms with Gasteiger partial charge in [0.25, 0.3) is 0 Å². The summed E-state index contributed by atoms with van der Waals surface area (Å²) in [7, 11) is 0. The Labute approximate surface area is 221 Å². The van der Waals surface area contributed by atoms with Crippen molar-refractivity contribution >= 4 is 102 Å². The number of aromatic hydroxyl groups is 1. The zero-order valence-electron chi connectivity index (χ0n) is 14.6. The number of aromatic carboxylic acids is 1. The van der Waals surface area contributed by atoms with Gasteiger partial charge in [-0.15, -0.1) is 0 Å². The van der Waals surface area contributed by atoms with E-state index in [9.17, 15) is 19.8 Å². The highest BCUT2D eigenvalue weighted by atomic mass is 127. The molecule has 0 bridgehead atoms. The van der Waals surface area contributed by atoms with Gasteiger partial charge in [0, 0.05) is 17.4 Å². The first-order chi connectivity index (χ1) is 13.7. The van der Waals surface area contributed by atoms with E-state index in [2.05, 4.69) is 90.4 Å². The van der Waals surface area contributed by atoms with Crippen LogP contribution in [0.4, 0.5) is 0 Å². The summed E-state index contributed by atoms with van der Waals surface area (Å²) in [6, 6.07) is 8.93. The van der Waals surface area contributed by atoms with Gasteiger partial charge in [-0.1, -0.05) is 63.4 Å². The van der Waals surface area contributed by atoms with Crippen LogP contribution >= 0.6 is 90.4 Å². The lowest BCUT2D eigenvalue weighted by atomic mass is 9.69. The number of phenolic OH excluding ortho intramolecular Hbond substituents is 1. The maximum Gasteiger partial charge on any atom is 0.335 e. The zero-order chi connectivity index (χ0) is 21.0. The highest BCUT2D eigenvalue weighted by Crippen LogP contribution is 2.54. The summed E-state index contributed by atoms with van der Waals surface area (Å²) < 4.78 is 7.14. The Bertz CT molecular complexity index is 1020. The number of phenols is 1. The predicted octanol–water partition coefficient (Wildman–Crippen LogP) is 5.39. The van der Waals surface area contributed by atoms with Crippen LogP contribution in [0.1, 0.15) is 33.8 Å². The number of carbonyl (C=O) groups excluding carboxylic acids is 1. The second kappa shape index (κ2) is 8.56. The highest BCUT2D eigenvalue weighted by Gasteiger charge is 2.51. The van der Waals surface area contributed by atoms with Crippen molar-refractivity contribution in [1.29, 1.82) is 0 Å². The normalized spacial score (nSPS) is 28.3. The van der Waals surface area contributed by atoms with E-state index < -0.39 is 5.97 Å². The average Bonchev–Trinajstić information content (AvgIpc) is 2.69. The molecule has 0 radical (unpaired) electrons. The summed E-state index contributed by atoms with van der Waals surface area (Å²) >= 11 is 8.48. The SMILES string of the molecule is O=C(O)c1ccccc1C1c2cc(I)c(O)c(I)c2OC2C(I)C(=O)C(I)CC12. The van der Waals surface area contributed by atoms with Crippen LogP contribution in [0.25, 0.3) is 0 Å². The highest BCUT2D eigenvalue weighted by molar-refractivity contribution is 14.1. The Morgan fingerprint density at radius 1 is 1.14 bits per heavy atom. The van der Waals surface area contributed by atoms with Crippen molar-refractivity contribution < 1.29 is 24.5 Å². The number of fused-ring (bicyclic) bond motifs is 2. The topological polar surface area (TPSA) is 83.8 Å². The first kappa shape index (κ1) is 22.3. The molecule has 2 N–H and O–H groups in total. The molecule has 152 valence electrons. The van der Waals surface area contributed by atoms with Crippen LogP contribution < -0.4 is 4.74 Å². The number of carboxylic acid groups (broad SMARTS) is 1. The van der Waals surface area contributed by atoms with Crippen molar-refractivity contribution in [2.45, 2.75) is 26.3 Å². The largest absolute Gasteiger partial charge is 0.506 e. The number of benzene rings is 2. The molecule has 1 saturated carbocycles. The van der Waals surface area contributed by atoms with E-state index in [1.165, 1.54) is 0 Å². The van der Waals surface area contributed by atoms with Crippen molar-refractivity contribution in [2.75, 3.05) is 0 Å². The van der Waals surface area contributed by atoms with Crippen LogP contribution in [0.2, 0.25) is 0 Å². The van der Waals surface area contributed by atoms with Gasteiger partial charge in [-0.3, -0.25) is 4.79 Å². The lowest BCUT2D eigenvalue weighted by Crippen LogP contribution is -2.52. The number of carboxylic acids is 1. The van der Waals surface area contributed by atoms with Gasteiger partial charge in [0.05, 0.1) is 16.6 Å². The molecule has 2 aliphatic rings. The van der Waals surface area contributed by atoms with E-state index in [-0.39, 0.29) is 42.9 Å². The summed E-state index contributed by atoms with van der Waals surface area (Å²) in [5.74, 6) is -0.408. The molecule has 1 heterocycles. The van der Waals surface area contributed by atoms with Crippen molar-refractivity contribution in [1.82, 2.24) is 0 Å². The lowest BCUT2D eigenvalue weighted by Gasteiger charge is -2.46. The number of alkyl halides is 2. The number of ether oxygens (including phenoxy) is 1. The average molecular weight is 842 g/mol. The quantitative estimate of drug-likeness (QED) is 0.314. The fourth-order valence-electron chi connectivity index (χ4n) is 4.20. The van der Waals surface area contributed by atoms with Crippen molar-refractivity contribution in [3.05, 3.63) is 54.2 Å². The molecule has 9 heteroatoms. The molecule has 1 aliphatic carbocycles. The molecule has 1 fully saturated rings. The van der Waals surface area contributed by atoms with Crippen molar-refractivity contribution in [3.8, 4) is 11.5 Å². The maximum atomic E-state index is 12.7. The minimum atomic E-state index is -0.975. The molecular weight excluding hydrogens is 828 g/mol. The molecule has 5 nitrogen and oxygen atoms in total. The molecule has 0 aromatic heterocycles. The molecule has 5 unspecified atom stereocenters. The van der Waals surface area contributed by atoms with Gasteiger partial charge in [-0.05, 0) is 69.3 Å². The summed E-state index contributed by atoms with van der Waals surface area (Å²) in [6.45, 7) is 0. The van der Waals surface area contributed by atoms with Gasteiger partial charge >= 0.3 is 5.97 Å². The standard InChI is InChI=1S/C20H14I4O5/c21-11-5-9-13(7-3-1-2-4-8(7)20(27)28)10-6-12(22)17(26)15(24)19(10)29-18(9)14(23)16(11)25/h1-5,10,12-13,15,19,25H,6H2,(H,27,28). The Balaban J connectivity index is 2.00. The summed E-state index contributed by atoms with van der Waals surface area (Å²) in [4.78, 5) is 24.6. The first-order valence-corrected chi connectivity index (χ1v) is 13.4. The van der Waals surface area contributed by atoms with Crippen LogP contribution in [0.3, 0.4) is 0 Å². The van der Waals surface area contributed by atoms with Crippen LogP contribution in [0.15, 0.2) is 30.3 Å². The molecule has 2 aromatic carbocycles. The maximum absolute atomic E-state index is 12.7. The first-order valence-electron chi connectivity index (χ1n) is 8.74. The molecular formula is C20H14I4O5. The fourth-order valence-corrected chi connectivity index (χ4v) is 8.83. The van der Waals surface area contributed by atoms with E-state index in [1.807, 2.05) is 18.2 Å². The molecule has 0 amide bonds. The van der Waals surface area contributed by atoms with Gasteiger partial charge in [-0.2, -0.15) is 0 Å². The van der Waals surface area contributed by atoms with Crippen molar-refractivity contribution in [3.63, 3.8) is 0 Å². The van der Waals surface area contributed by atoms with E-state index in [0.29, 0.717) is 19.3 Å². The van der Waals surface area contributed by atoms with E-state index in [0.717, 1.165) is 11.1 Å². The predicted molar refractivity (Wildman–Crippen MR) is 142 cm³/mol.